The molecule has 0 saturated heterocycles. The second-order valence-electron chi connectivity index (χ2n) is 13.8. The molecule has 0 amide bonds. The number of fused-ring (bicyclic) bond motifs is 10. The predicted molar refractivity (Wildman–Crippen MR) is 246 cm³/mol. The fourth-order valence-electron chi connectivity index (χ4n) is 8.55. The van der Waals surface area contributed by atoms with Crippen LogP contribution in [0.1, 0.15) is 24.7 Å². The van der Waals surface area contributed by atoms with Crippen LogP contribution in [0.3, 0.4) is 0 Å². The summed E-state index contributed by atoms with van der Waals surface area (Å²) in [6.45, 7) is 0. The van der Waals surface area contributed by atoms with Gasteiger partial charge in [0.1, 0.15) is 5.58 Å². The molecule has 12 rings (SSSR count). The van der Waals surface area contributed by atoms with E-state index in [4.69, 9.17) is 16.8 Å². The van der Waals surface area contributed by atoms with E-state index in [-0.39, 0.29) is 77.1 Å². The van der Waals surface area contributed by atoms with Gasteiger partial charge in [0, 0.05) is 32.6 Å². The van der Waals surface area contributed by atoms with Gasteiger partial charge in [-0.15, -0.1) is 0 Å². The molecule has 0 unspecified atom stereocenters. The van der Waals surface area contributed by atoms with Crippen molar-refractivity contribution in [2.75, 3.05) is 0 Å². The quantitative estimate of drug-likeness (QED) is 0.122. The zero-order chi connectivity index (χ0) is 53.9. The minimum atomic E-state index is -4.51. The van der Waals surface area contributed by atoms with Gasteiger partial charge in [0.25, 0.3) is 0 Å². The van der Waals surface area contributed by atoms with E-state index < -0.39 is 111 Å². The van der Waals surface area contributed by atoms with Crippen LogP contribution in [0.4, 0.5) is 0 Å². The first-order valence-electron chi connectivity index (χ1n) is 27.5. The maximum absolute atomic E-state index is 10.4. The summed E-state index contributed by atoms with van der Waals surface area (Å²) >= 11 is 0. The maximum Gasteiger partial charge on any atom is 0.179 e. The predicted octanol–water partition coefficient (Wildman–Crippen LogP) is 11.2. The van der Waals surface area contributed by atoms with Crippen LogP contribution in [0.15, 0.2) is 222 Å². The maximum atomic E-state index is 10.4. The van der Waals surface area contributed by atoms with E-state index in [0.717, 1.165) is 0 Å². The Hall–Kier alpha value is -7.40. The molecule has 3 aromatic heterocycles. The summed E-state index contributed by atoms with van der Waals surface area (Å²) in [6.07, 6.45) is 0. The fraction of sp³-hybridized carbons (Fsp3) is 0. The number of nitrogens with zero attached hydrogens (tertiary/aromatic N) is 2. The number of rotatable bonds is 6. The van der Waals surface area contributed by atoms with Crippen LogP contribution < -0.4 is 20.7 Å². The lowest BCUT2D eigenvalue weighted by molar-refractivity contribution is 0.666. The molecular formula is C54H36N2OSi. The number of furan rings is 1. The van der Waals surface area contributed by atoms with E-state index in [1.54, 1.807) is 109 Å². The number of hydrogen-bond donors (Lipinski definition) is 0. The van der Waals surface area contributed by atoms with Crippen molar-refractivity contribution < 1.29 is 29.1 Å². The molecule has 0 aliphatic carbocycles. The number of hydrogen-bond acceptors (Lipinski definition) is 1. The van der Waals surface area contributed by atoms with Crippen LogP contribution in [0, 0.1) is 0 Å². The summed E-state index contributed by atoms with van der Waals surface area (Å²) in [6, 6.07) is 20.1. The van der Waals surface area contributed by atoms with E-state index in [1.165, 1.54) is 9.13 Å². The van der Waals surface area contributed by atoms with Crippen molar-refractivity contribution in [3.63, 3.8) is 0 Å². The second kappa shape index (κ2) is 12.8. The van der Waals surface area contributed by atoms with Gasteiger partial charge in [-0.1, -0.05) is 176 Å². The van der Waals surface area contributed by atoms with Crippen molar-refractivity contribution in [2.24, 2.45) is 0 Å². The van der Waals surface area contributed by atoms with Gasteiger partial charge in [0.05, 0.1) is 57.8 Å². The summed E-state index contributed by atoms with van der Waals surface area (Å²) in [7, 11) is -4.51. The van der Waals surface area contributed by atoms with Crippen molar-refractivity contribution in [2.45, 2.75) is 0 Å². The lowest BCUT2D eigenvalue weighted by atomic mass is 10.1. The standard InChI is InChI=1S/C54H36N2OSi/c1-4-18-38(19-5-1)58(39-20-6-2-7-21-39,40-22-8-3-9-23-40)41-34-32-37(33-35-41)55-47-28-14-12-26-44(47)46-36-50(54-52(53(46)55)45-27-13-17-31-51(45)57-54)56-48-29-15-10-24-42(48)43-25-11-16-30-49(43)56/h1-36H/i1D,4D,5D,10D,11D,15D,16D,18D,19D,24D,25D,29D,30D,32D,33D,34D,35D,36D. The van der Waals surface area contributed by atoms with Gasteiger partial charge in [-0.3, -0.25) is 0 Å². The number of aromatic nitrogens is 2. The fourth-order valence-corrected chi connectivity index (χ4v) is 12.7. The van der Waals surface area contributed by atoms with Crippen LogP contribution in [-0.2, 0) is 0 Å². The Kier molecular flexibility index (Phi) is 4.34. The molecule has 0 saturated carbocycles. The van der Waals surface area contributed by atoms with Crippen molar-refractivity contribution >= 4 is 94.4 Å². The highest BCUT2D eigenvalue weighted by molar-refractivity contribution is 7.19. The zero-order valence-corrected chi connectivity index (χ0v) is 31.2. The lowest BCUT2D eigenvalue weighted by Crippen LogP contribution is -2.74. The first kappa shape index (κ1) is 19.6. The Morgan fingerprint density at radius 2 is 0.966 bits per heavy atom. The lowest BCUT2D eigenvalue weighted by Gasteiger charge is -2.34. The highest BCUT2D eigenvalue weighted by Crippen LogP contribution is 2.45. The van der Waals surface area contributed by atoms with Crippen LogP contribution >= 0.6 is 0 Å². The van der Waals surface area contributed by atoms with E-state index in [0.29, 0.717) is 26.7 Å². The third kappa shape index (κ3) is 4.61. The zero-order valence-electron chi connectivity index (χ0n) is 48.2. The van der Waals surface area contributed by atoms with Crippen molar-refractivity contribution in [3.05, 3.63) is 218 Å². The summed E-state index contributed by atoms with van der Waals surface area (Å²) in [5, 5.41) is 1.27. The van der Waals surface area contributed by atoms with E-state index >= 15 is 0 Å². The van der Waals surface area contributed by atoms with Crippen molar-refractivity contribution in [3.8, 4) is 11.4 Å². The van der Waals surface area contributed by atoms with Gasteiger partial charge >= 0.3 is 0 Å². The molecule has 0 spiro atoms. The Bertz CT molecular complexity index is 4400. The highest BCUT2D eigenvalue weighted by Gasteiger charge is 2.41. The summed E-state index contributed by atoms with van der Waals surface area (Å²) in [5.74, 6) is 0. The Balaban J connectivity index is 1.29. The highest BCUT2D eigenvalue weighted by atomic mass is 28.3. The van der Waals surface area contributed by atoms with Gasteiger partial charge in [-0.2, -0.15) is 0 Å². The Morgan fingerprint density at radius 1 is 0.414 bits per heavy atom. The van der Waals surface area contributed by atoms with Gasteiger partial charge in [-0.25, -0.2) is 0 Å². The molecule has 3 nitrogen and oxygen atoms in total. The molecule has 272 valence electrons. The number of benzene rings is 9. The molecule has 9 aromatic carbocycles. The van der Waals surface area contributed by atoms with Gasteiger partial charge in [0.15, 0.2) is 13.7 Å². The molecule has 0 radical (unpaired) electrons. The minimum Gasteiger partial charge on any atom is -0.454 e. The molecule has 0 N–H and O–H groups in total. The van der Waals surface area contributed by atoms with Crippen LogP contribution in [0.5, 0.6) is 0 Å². The van der Waals surface area contributed by atoms with Gasteiger partial charge in [-0.05, 0) is 63.1 Å². The first-order chi connectivity index (χ1) is 36.3. The molecule has 0 fully saturated rings. The van der Waals surface area contributed by atoms with Crippen molar-refractivity contribution in [1.82, 2.24) is 9.13 Å². The van der Waals surface area contributed by atoms with Crippen LogP contribution in [0.2, 0.25) is 0 Å². The molecule has 0 atom stereocenters. The second-order valence-corrected chi connectivity index (χ2v) is 17.5. The summed E-state index contributed by atoms with van der Waals surface area (Å²) in [4.78, 5) is 0. The molecule has 0 bridgehead atoms. The third-order valence-electron chi connectivity index (χ3n) is 10.9. The monoisotopic (exact) mass is 774 g/mol. The number of para-hydroxylation sites is 4. The average molecular weight is 775 g/mol. The molecule has 4 heteroatoms. The van der Waals surface area contributed by atoms with E-state index in [2.05, 4.69) is 0 Å². The van der Waals surface area contributed by atoms with Crippen LogP contribution in [0.25, 0.3) is 76.9 Å². The van der Waals surface area contributed by atoms with Gasteiger partial charge < -0.3 is 13.6 Å². The topological polar surface area (TPSA) is 23.0 Å². The van der Waals surface area contributed by atoms with Gasteiger partial charge in [0.2, 0.25) is 0 Å². The van der Waals surface area contributed by atoms with Crippen LogP contribution in [-0.4, -0.2) is 17.2 Å². The largest absolute Gasteiger partial charge is 0.454 e. The third-order valence-corrected chi connectivity index (χ3v) is 15.3. The Morgan fingerprint density at radius 3 is 1.64 bits per heavy atom. The molecule has 0 aliphatic heterocycles. The minimum absolute atomic E-state index is 0.0750. The molecule has 3 heterocycles. The first-order valence-corrected chi connectivity index (χ1v) is 20.5. The Labute approximate surface area is 361 Å². The van der Waals surface area contributed by atoms with E-state index in [1.807, 2.05) is 0 Å². The average Bonchev–Trinajstić information content (AvgIpc) is 4.25. The van der Waals surface area contributed by atoms with Crippen molar-refractivity contribution in [1.29, 1.82) is 0 Å². The normalized spacial score (nSPS) is 16.5. The summed E-state index contributed by atoms with van der Waals surface area (Å²) < 4.78 is 178. The molecule has 12 aromatic rings. The SMILES string of the molecule is [2H]c1c([2H])c([2H])c([Si](c2ccccc2)(c2ccccc2)c2c([2H])c([2H])c(-n3c4ccccc4c4c([2H])c(-n5c6c([2H])c([2H])c([2H])c([2H])c6c6c([2H])c([2H])c([2H])c([2H])c65)c5oc6ccccc6c5c43)c([2H])c2[2H])c([2H])c1[2H]. The molecule has 58 heavy (non-hydrogen) atoms. The molecular weight excluding hydrogens is 721 g/mol. The summed E-state index contributed by atoms with van der Waals surface area (Å²) in [5.41, 5.74) is -0.241. The molecule has 0 aliphatic rings. The smallest absolute Gasteiger partial charge is 0.179 e. The van der Waals surface area contributed by atoms with E-state index in [9.17, 15) is 12.3 Å².